The SMILES string of the molecule is CC.CC(=O)C1(F)CC1.CC(C)C12CCC(F)(CC1)CC2.O=CN1CCCC1C(=O)OCc1ccccc1. The van der Waals surface area contributed by atoms with Gasteiger partial charge in [0.1, 0.15) is 18.3 Å². The van der Waals surface area contributed by atoms with E-state index in [1.165, 1.54) is 11.8 Å². The molecule has 7 heteroatoms. The van der Waals surface area contributed by atoms with Crippen LogP contribution in [0, 0.1) is 11.3 Å². The highest BCUT2D eigenvalue weighted by Crippen LogP contribution is 2.57. The lowest BCUT2D eigenvalue weighted by atomic mass is 9.55. The highest BCUT2D eigenvalue weighted by molar-refractivity contribution is 5.87. The first-order valence-corrected chi connectivity index (χ1v) is 14.3. The van der Waals surface area contributed by atoms with Crippen molar-refractivity contribution in [3.05, 3.63) is 35.9 Å². The van der Waals surface area contributed by atoms with Crippen LogP contribution in [0.15, 0.2) is 30.3 Å². The fourth-order valence-electron chi connectivity index (χ4n) is 5.49. The number of alkyl halides is 2. The van der Waals surface area contributed by atoms with Crippen LogP contribution in [0.5, 0.6) is 0 Å². The van der Waals surface area contributed by atoms with Crippen LogP contribution in [0.2, 0.25) is 0 Å². The minimum absolute atomic E-state index is 0.267. The second-order valence-corrected chi connectivity index (χ2v) is 11.3. The van der Waals surface area contributed by atoms with Gasteiger partial charge in [-0.2, -0.15) is 0 Å². The quantitative estimate of drug-likeness (QED) is 0.286. The van der Waals surface area contributed by atoms with Gasteiger partial charge in [-0.1, -0.05) is 58.0 Å². The second-order valence-electron chi connectivity index (χ2n) is 11.3. The molecule has 1 saturated heterocycles. The molecule has 0 radical (unpaired) electrons. The maximum Gasteiger partial charge on any atom is 0.329 e. The molecular formula is C31H47F2NO4. The number of carbonyl (C=O) groups excluding carboxylic acids is 3. The first-order valence-electron chi connectivity index (χ1n) is 14.3. The van der Waals surface area contributed by atoms with Crippen molar-refractivity contribution in [1.82, 2.24) is 4.90 Å². The summed E-state index contributed by atoms with van der Waals surface area (Å²) in [5.74, 6) is 0.133. The van der Waals surface area contributed by atoms with Crippen molar-refractivity contribution < 1.29 is 27.9 Å². The molecule has 1 heterocycles. The Kier molecular flexibility index (Phi) is 11.9. The van der Waals surface area contributed by atoms with Crippen molar-refractivity contribution >= 4 is 18.2 Å². The van der Waals surface area contributed by atoms with Gasteiger partial charge < -0.3 is 9.64 Å². The topological polar surface area (TPSA) is 63.7 Å². The summed E-state index contributed by atoms with van der Waals surface area (Å²) in [4.78, 5) is 34.1. The van der Waals surface area contributed by atoms with Crippen molar-refractivity contribution in [2.75, 3.05) is 6.54 Å². The summed E-state index contributed by atoms with van der Waals surface area (Å²) in [6, 6.07) is 9.12. The minimum Gasteiger partial charge on any atom is -0.459 e. The Balaban J connectivity index is 0.000000209. The Hall–Kier alpha value is -2.31. The van der Waals surface area contributed by atoms with E-state index >= 15 is 0 Å². The number of fused-ring (bicyclic) bond motifs is 3. The van der Waals surface area contributed by atoms with Crippen LogP contribution in [-0.2, 0) is 25.7 Å². The van der Waals surface area contributed by atoms with Crippen LogP contribution < -0.4 is 0 Å². The van der Waals surface area contributed by atoms with Crippen molar-refractivity contribution in [3.8, 4) is 0 Å². The number of esters is 1. The van der Waals surface area contributed by atoms with Crippen molar-refractivity contribution in [2.24, 2.45) is 11.3 Å². The molecule has 6 rings (SSSR count). The van der Waals surface area contributed by atoms with Crippen molar-refractivity contribution in [3.63, 3.8) is 0 Å². The number of halogens is 2. The van der Waals surface area contributed by atoms with Gasteiger partial charge in [0.2, 0.25) is 6.41 Å². The molecule has 1 aliphatic heterocycles. The number of carbonyl (C=O) groups is 3. The molecule has 0 N–H and O–H groups in total. The van der Waals surface area contributed by atoms with Crippen LogP contribution in [0.1, 0.15) is 104 Å². The third kappa shape index (κ3) is 8.60. The molecule has 5 fully saturated rings. The van der Waals surface area contributed by atoms with Crippen LogP contribution in [0.3, 0.4) is 0 Å². The third-order valence-corrected chi connectivity index (χ3v) is 8.68. The molecule has 1 amide bonds. The van der Waals surface area contributed by atoms with E-state index in [0.29, 0.717) is 31.2 Å². The molecule has 1 unspecified atom stereocenters. The van der Waals surface area contributed by atoms with E-state index in [4.69, 9.17) is 4.74 Å². The number of rotatable bonds is 6. The monoisotopic (exact) mass is 535 g/mol. The normalized spacial score (nSPS) is 28.0. The summed E-state index contributed by atoms with van der Waals surface area (Å²) < 4.78 is 31.3. The van der Waals surface area contributed by atoms with Gasteiger partial charge in [-0.05, 0) is 88.0 Å². The van der Waals surface area contributed by atoms with Gasteiger partial charge in [0.25, 0.3) is 0 Å². The zero-order valence-corrected chi connectivity index (χ0v) is 23.9. The first kappa shape index (κ1) is 31.9. The molecule has 38 heavy (non-hydrogen) atoms. The molecule has 0 spiro atoms. The zero-order chi connectivity index (χ0) is 28.4. The summed E-state index contributed by atoms with van der Waals surface area (Å²) in [5.41, 5.74) is -0.665. The highest BCUT2D eigenvalue weighted by Gasteiger charge is 2.50. The van der Waals surface area contributed by atoms with Crippen LogP contribution >= 0.6 is 0 Å². The number of ether oxygens (including phenoxy) is 1. The number of likely N-dealkylation sites (tertiary alicyclic amines) is 1. The predicted molar refractivity (Wildman–Crippen MR) is 146 cm³/mol. The zero-order valence-electron chi connectivity index (χ0n) is 23.9. The van der Waals surface area contributed by atoms with Crippen molar-refractivity contribution in [1.29, 1.82) is 0 Å². The number of ketones is 1. The Morgan fingerprint density at radius 3 is 1.97 bits per heavy atom. The average molecular weight is 536 g/mol. The van der Waals surface area contributed by atoms with E-state index in [1.54, 1.807) is 0 Å². The molecular weight excluding hydrogens is 488 g/mol. The van der Waals surface area contributed by atoms with Gasteiger partial charge in [-0.3, -0.25) is 9.59 Å². The molecule has 5 aliphatic rings. The summed E-state index contributed by atoms with van der Waals surface area (Å²) in [7, 11) is 0. The second kappa shape index (κ2) is 14.2. The summed E-state index contributed by atoms with van der Waals surface area (Å²) in [6.45, 7) is 10.8. The largest absolute Gasteiger partial charge is 0.459 e. The lowest BCUT2D eigenvalue weighted by Crippen LogP contribution is -2.45. The highest BCUT2D eigenvalue weighted by atomic mass is 19.1. The van der Waals surface area contributed by atoms with E-state index in [1.807, 2.05) is 44.2 Å². The van der Waals surface area contributed by atoms with Gasteiger partial charge in [0.05, 0.1) is 0 Å². The Morgan fingerprint density at radius 2 is 1.55 bits per heavy atom. The number of hydrogen-bond donors (Lipinski definition) is 0. The van der Waals surface area contributed by atoms with E-state index in [0.717, 1.165) is 62.8 Å². The van der Waals surface area contributed by atoms with Gasteiger partial charge in [0, 0.05) is 6.54 Å². The summed E-state index contributed by atoms with van der Waals surface area (Å²) >= 11 is 0. The number of nitrogens with zero attached hydrogens (tertiary/aromatic N) is 1. The molecule has 5 nitrogen and oxygen atoms in total. The lowest BCUT2D eigenvalue weighted by molar-refractivity contribution is -0.152. The lowest BCUT2D eigenvalue weighted by Gasteiger charge is -2.52. The van der Waals surface area contributed by atoms with E-state index < -0.39 is 17.4 Å². The Morgan fingerprint density at radius 1 is 1.00 bits per heavy atom. The molecule has 4 saturated carbocycles. The first-order chi connectivity index (χ1) is 18.0. The van der Waals surface area contributed by atoms with E-state index in [9.17, 15) is 23.2 Å². The van der Waals surface area contributed by atoms with Crippen LogP contribution in [-0.4, -0.2) is 47.0 Å². The average Bonchev–Trinajstić information content (AvgIpc) is 3.51. The third-order valence-electron chi connectivity index (χ3n) is 8.68. The predicted octanol–water partition coefficient (Wildman–Crippen LogP) is 7.16. The molecule has 1 aromatic carbocycles. The van der Waals surface area contributed by atoms with Crippen LogP contribution in [0.25, 0.3) is 0 Å². The Labute approximate surface area is 227 Å². The van der Waals surface area contributed by atoms with Gasteiger partial charge in [-0.15, -0.1) is 0 Å². The van der Waals surface area contributed by atoms with E-state index in [-0.39, 0.29) is 18.4 Å². The molecule has 0 aromatic heterocycles. The van der Waals surface area contributed by atoms with Crippen molar-refractivity contribution in [2.45, 2.75) is 123 Å². The molecule has 2 bridgehead atoms. The minimum atomic E-state index is -1.39. The van der Waals surface area contributed by atoms with Gasteiger partial charge >= 0.3 is 5.97 Å². The number of hydrogen-bond acceptors (Lipinski definition) is 4. The van der Waals surface area contributed by atoms with E-state index in [2.05, 4.69) is 13.8 Å². The molecule has 1 atom stereocenters. The molecule has 1 aromatic rings. The smallest absolute Gasteiger partial charge is 0.329 e. The molecule has 214 valence electrons. The maximum absolute atomic E-state index is 13.8. The number of amides is 1. The maximum atomic E-state index is 13.8. The molecule has 4 aliphatic carbocycles. The fraction of sp³-hybridized carbons (Fsp3) is 0.710. The Bertz CT molecular complexity index is 876. The number of Topliss-reactive ketones (excluding diaryl/α,β-unsaturated/α-hetero) is 1. The van der Waals surface area contributed by atoms with Gasteiger partial charge in [-0.25, -0.2) is 13.6 Å². The fourth-order valence-corrected chi connectivity index (χ4v) is 5.49. The van der Waals surface area contributed by atoms with Gasteiger partial charge in [0.15, 0.2) is 11.5 Å². The summed E-state index contributed by atoms with van der Waals surface area (Å²) in [5, 5.41) is 0. The number of benzene rings is 1. The van der Waals surface area contributed by atoms with Crippen LogP contribution in [0.4, 0.5) is 8.78 Å². The standard InChI is InChI=1S/C13H15NO3.C11H19F.C5H7FO.C2H6/c15-10-14-8-4-7-12(14)13(16)17-9-11-5-2-1-3-6-11;1-9(2)10-3-6-11(12,7-4-10)8-5-10;1-4(7)5(6)2-3-5;1-2/h1-3,5-6,10,12H,4,7-9H2;9H,3-8H2,1-2H3;2-3H2,1H3;1-2H3. The summed E-state index contributed by atoms with van der Waals surface area (Å²) in [6.07, 6.45) is 9.12.